The largest absolute Gasteiger partial charge is 1.00 e. The summed E-state index contributed by atoms with van der Waals surface area (Å²) in [6, 6.07) is 4.72. The van der Waals surface area contributed by atoms with Gasteiger partial charge >= 0.3 is 156 Å². The smallest absolute Gasteiger partial charge is 1.00 e. The summed E-state index contributed by atoms with van der Waals surface area (Å²) in [6.07, 6.45) is 9.29. The number of allylic oxidation sites excluding steroid dienone is 8. The second-order valence-corrected chi connectivity index (χ2v) is 16.3. The molecule has 25 heavy (non-hydrogen) atoms. The zero-order chi connectivity index (χ0) is 16.8. The second-order valence-electron chi connectivity index (χ2n) is 8.38. The van der Waals surface area contributed by atoms with E-state index in [0.717, 1.165) is 0 Å². The van der Waals surface area contributed by atoms with Gasteiger partial charge in [-0.15, -0.1) is 0 Å². The minimum absolute atomic E-state index is 0. The van der Waals surface area contributed by atoms with Crippen LogP contribution in [0.3, 0.4) is 0 Å². The van der Waals surface area contributed by atoms with E-state index in [1.54, 1.807) is 34.9 Å². The first-order valence-electron chi connectivity index (χ1n) is 9.40. The fraction of sp³-hybridized carbons (Fsp3) is 0.619. The van der Waals surface area contributed by atoms with Gasteiger partial charge in [-0.25, -0.2) is 0 Å². The molecule has 0 aromatic rings. The van der Waals surface area contributed by atoms with Crippen LogP contribution in [-0.2, 0) is 23.2 Å². The standard InChI is InChI=1S/C11H17Si.C10H15.2ClH.Zr/c1-2-8-12(9-5-10-12)11-6-3-4-7-11;1-7-6-10(4,5)9(3)8(7)2;;;/h3,6H,2,4-5,8-10H2,1H3;1-5H3;2*1H;/q;;;;+2/p-2. The van der Waals surface area contributed by atoms with Crippen molar-refractivity contribution in [1.82, 2.24) is 0 Å². The van der Waals surface area contributed by atoms with Gasteiger partial charge in [-0.2, -0.15) is 0 Å². The van der Waals surface area contributed by atoms with Crippen molar-refractivity contribution in [2.75, 3.05) is 0 Å². The van der Waals surface area contributed by atoms with Gasteiger partial charge in [0.1, 0.15) is 0 Å². The van der Waals surface area contributed by atoms with Crippen LogP contribution < -0.4 is 24.8 Å². The van der Waals surface area contributed by atoms with Gasteiger partial charge < -0.3 is 24.8 Å². The molecule has 0 saturated carbocycles. The molecule has 1 saturated heterocycles. The van der Waals surface area contributed by atoms with E-state index < -0.39 is 31.3 Å². The minimum atomic E-state index is -1.05. The van der Waals surface area contributed by atoms with Crippen LogP contribution in [0, 0.1) is 5.41 Å². The average Bonchev–Trinajstić information content (AvgIpc) is 2.98. The summed E-state index contributed by atoms with van der Waals surface area (Å²) in [5.41, 5.74) is 5.20. The van der Waals surface area contributed by atoms with Gasteiger partial charge in [-0.05, 0) is 0 Å². The molecular formula is C21H32Cl2SiZr. The molecule has 0 spiro atoms. The Kier molecular flexibility index (Phi) is 8.30. The summed E-state index contributed by atoms with van der Waals surface area (Å²) in [5, 5.41) is 1.94. The quantitative estimate of drug-likeness (QED) is 0.516. The van der Waals surface area contributed by atoms with Gasteiger partial charge in [0, 0.05) is 0 Å². The van der Waals surface area contributed by atoms with E-state index >= 15 is 0 Å². The molecule has 0 unspecified atom stereocenters. The van der Waals surface area contributed by atoms with Crippen molar-refractivity contribution in [3.8, 4) is 0 Å². The SMILES string of the molecule is CCC[Si]1(C2=[C]([Zr+2][C]3=C(C)C(C)=C(C)C3(C)C)CC=C2)CCC1.[Cl-].[Cl-]. The van der Waals surface area contributed by atoms with Gasteiger partial charge in [0.25, 0.3) is 0 Å². The van der Waals surface area contributed by atoms with E-state index in [1.807, 2.05) is 11.8 Å². The predicted molar refractivity (Wildman–Crippen MR) is 101 cm³/mol. The molecular weight excluding hydrogens is 442 g/mol. The van der Waals surface area contributed by atoms with Gasteiger partial charge in [-0.3, -0.25) is 0 Å². The molecule has 3 rings (SSSR count). The summed E-state index contributed by atoms with van der Waals surface area (Å²) < 4.78 is 3.82. The molecule has 1 aliphatic heterocycles. The van der Waals surface area contributed by atoms with Gasteiger partial charge in [0.2, 0.25) is 0 Å². The molecule has 1 heterocycles. The van der Waals surface area contributed by atoms with Crippen LogP contribution in [-0.4, -0.2) is 8.07 Å². The van der Waals surface area contributed by atoms with E-state index in [0.29, 0.717) is 5.41 Å². The minimum Gasteiger partial charge on any atom is -1.00 e. The first-order valence-corrected chi connectivity index (χ1v) is 14.5. The molecule has 0 atom stereocenters. The van der Waals surface area contributed by atoms with Gasteiger partial charge in [-0.1, -0.05) is 0 Å². The average molecular weight is 475 g/mol. The second kappa shape index (κ2) is 8.76. The van der Waals surface area contributed by atoms with Crippen molar-refractivity contribution in [3.05, 3.63) is 40.6 Å². The van der Waals surface area contributed by atoms with E-state index in [9.17, 15) is 0 Å². The van der Waals surface area contributed by atoms with Crippen molar-refractivity contribution in [3.63, 3.8) is 0 Å². The van der Waals surface area contributed by atoms with Crippen molar-refractivity contribution >= 4 is 8.07 Å². The third-order valence-corrected chi connectivity index (χ3v) is 18.2. The molecule has 2 aliphatic carbocycles. The monoisotopic (exact) mass is 472 g/mol. The first kappa shape index (κ1) is 23.7. The summed E-state index contributed by atoms with van der Waals surface area (Å²) >= 11 is -0.619. The molecule has 4 heteroatoms. The van der Waals surface area contributed by atoms with E-state index in [4.69, 9.17) is 0 Å². The van der Waals surface area contributed by atoms with Crippen molar-refractivity contribution < 1.29 is 48.0 Å². The topological polar surface area (TPSA) is 0 Å². The van der Waals surface area contributed by atoms with Crippen molar-refractivity contribution in [2.45, 2.75) is 78.9 Å². The molecule has 0 bridgehead atoms. The molecule has 3 aliphatic rings. The summed E-state index contributed by atoms with van der Waals surface area (Å²) in [5.74, 6) is 0. The van der Waals surface area contributed by atoms with Crippen LogP contribution >= 0.6 is 0 Å². The number of hydrogen-bond acceptors (Lipinski definition) is 0. The molecule has 0 amide bonds. The zero-order valence-electron chi connectivity index (χ0n) is 16.7. The number of hydrogen-bond donors (Lipinski definition) is 0. The van der Waals surface area contributed by atoms with Crippen LogP contribution in [0.1, 0.15) is 60.8 Å². The zero-order valence-corrected chi connectivity index (χ0v) is 21.6. The molecule has 0 aromatic carbocycles. The Morgan fingerprint density at radius 1 is 1.08 bits per heavy atom. The Bertz CT molecular complexity index is 649. The molecule has 1 fully saturated rings. The normalized spacial score (nSPS) is 23.3. The Hall–Kier alpha value is 0.640. The van der Waals surface area contributed by atoms with Crippen LogP contribution in [0.5, 0.6) is 0 Å². The third kappa shape index (κ3) is 3.94. The maximum atomic E-state index is 2.59. The maximum absolute atomic E-state index is 2.59. The van der Waals surface area contributed by atoms with Crippen molar-refractivity contribution in [1.29, 1.82) is 0 Å². The molecule has 0 nitrogen and oxygen atoms in total. The Labute approximate surface area is 180 Å². The predicted octanol–water partition coefficient (Wildman–Crippen LogP) is 0.743. The summed E-state index contributed by atoms with van der Waals surface area (Å²) in [4.78, 5) is 0. The number of halogens is 2. The van der Waals surface area contributed by atoms with Gasteiger partial charge in [0.05, 0.1) is 0 Å². The van der Waals surface area contributed by atoms with E-state index in [-0.39, 0.29) is 24.8 Å². The fourth-order valence-electron chi connectivity index (χ4n) is 4.85. The number of rotatable bonds is 5. The van der Waals surface area contributed by atoms with Crippen LogP contribution in [0.2, 0.25) is 18.1 Å². The molecule has 0 N–H and O–H groups in total. The van der Waals surface area contributed by atoms with Crippen LogP contribution in [0.25, 0.3) is 0 Å². The van der Waals surface area contributed by atoms with E-state index in [1.165, 1.54) is 19.3 Å². The maximum Gasteiger partial charge on any atom is -1.00 e. The molecule has 0 aromatic heterocycles. The molecule has 0 radical (unpaired) electrons. The third-order valence-electron chi connectivity index (χ3n) is 6.88. The fourth-order valence-corrected chi connectivity index (χ4v) is 15.8. The van der Waals surface area contributed by atoms with E-state index in [2.05, 4.69) is 53.7 Å². The van der Waals surface area contributed by atoms with Crippen LogP contribution in [0.15, 0.2) is 40.6 Å². The molecule has 138 valence electrons. The first-order chi connectivity index (χ1) is 10.8. The Balaban J connectivity index is 0.00000156. The Morgan fingerprint density at radius 2 is 1.72 bits per heavy atom. The summed E-state index contributed by atoms with van der Waals surface area (Å²) in [7, 11) is -1.05. The van der Waals surface area contributed by atoms with Crippen molar-refractivity contribution in [2.24, 2.45) is 5.41 Å². The Morgan fingerprint density at radius 3 is 2.16 bits per heavy atom. The van der Waals surface area contributed by atoms with Crippen LogP contribution in [0.4, 0.5) is 0 Å². The summed E-state index contributed by atoms with van der Waals surface area (Å²) in [6.45, 7) is 14.5. The van der Waals surface area contributed by atoms with Gasteiger partial charge in [0.15, 0.2) is 0 Å².